The number of aliphatic imine (C=N–C) groups is 1. The van der Waals surface area contributed by atoms with Crippen LogP contribution in [-0.2, 0) is 19.1 Å². The number of aromatic amines is 1. The molecule has 0 radical (unpaired) electrons. The molecule has 0 aliphatic rings. The quantitative estimate of drug-likeness (QED) is 0.328. The van der Waals surface area contributed by atoms with Crippen LogP contribution in [0.5, 0.6) is 0 Å². The first-order chi connectivity index (χ1) is 14.8. The second-order valence-corrected chi connectivity index (χ2v) is 9.19. The molecule has 1 aromatic carbocycles. The van der Waals surface area contributed by atoms with Crippen LogP contribution < -0.4 is 11.1 Å². The molecule has 0 unspecified atom stereocenters. The van der Waals surface area contributed by atoms with Gasteiger partial charge in [-0.25, -0.2) is 9.59 Å². The van der Waals surface area contributed by atoms with Crippen LogP contribution in [-0.4, -0.2) is 47.3 Å². The Morgan fingerprint density at radius 3 is 2.16 bits per heavy atom. The summed E-state index contributed by atoms with van der Waals surface area (Å²) in [5, 5.41) is 2.80. The summed E-state index contributed by atoms with van der Waals surface area (Å²) in [5.74, 6) is -1.98. The standard InChI is InChI=1S/C23H29N3O6/c1-22(2,3)13-23(4,5)24-18(16(21(30)32-7)12-17(27)31-6)26-20(29)15-11-9-8-10-14(15)19(28)25-26/h8-12H,13H2,1-7H3,(H,25,28)/b16-12-,24-18?. The molecular formula is C23H29N3O6. The third-order valence-electron chi connectivity index (χ3n) is 4.51. The minimum atomic E-state index is -0.915. The van der Waals surface area contributed by atoms with Gasteiger partial charge in [-0.3, -0.25) is 19.7 Å². The van der Waals surface area contributed by atoms with Crippen molar-refractivity contribution in [2.75, 3.05) is 14.2 Å². The average Bonchev–Trinajstić information content (AvgIpc) is 2.70. The van der Waals surface area contributed by atoms with Crippen molar-refractivity contribution in [3.63, 3.8) is 0 Å². The molecule has 9 heteroatoms. The molecule has 2 rings (SSSR count). The van der Waals surface area contributed by atoms with Crippen LogP contribution in [0, 0.1) is 5.41 Å². The van der Waals surface area contributed by atoms with Crippen LogP contribution in [0.25, 0.3) is 10.8 Å². The molecule has 0 aliphatic heterocycles. The van der Waals surface area contributed by atoms with Gasteiger partial charge in [0.05, 0.1) is 30.5 Å². The second-order valence-electron chi connectivity index (χ2n) is 9.19. The van der Waals surface area contributed by atoms with Gasteiger partial charge in [0.2, 0.25) is 0 Å². The van der Waals surface area contributed by atoms with Crippen molar-refractivity contribution in [1.29, 1.82) is 0 Å². The van der Waals surface area contributed by atoms with E-state index in [-0.39, 0.29) is 27.6 Å². The fraction of sp³-hybridized carbons (Fsp3) is 0.435. The highest BCUT2D eigenvalue weighted by atomic mass is 16.5. The first kappa shape index (κ1) is 24.8. The largest absolute Gasteiger partial charge is 0.466 e. The van der Waals surface area contributed by atoms with Gasteiger partial charge in [-0.15, -0.1) is 0 Å². The van der Waals surface area contributed by atoms with Crippen molar-refractivity contribution in [2.45, 2.75) is 46.6 Å². The van der Waals surface area contributed by atoms with Gasteiger partial charge in [0.25, 0.3) is 11.1 Å². The molecule has 2 aromatic rings. The fourth-order valence-corrected chi connectivity index (χ4v) is 3.71. The first-order valence-corrected chi connectivity index (χ1v) is 10.0. The number of hydrogen-bond donors (Lipinski definition) is 1. The monoisotopic (exact) mass is 443 g/mol. The highest BCUT2D eigenvalue weighted by Crippen LogP contribution is 2.30. The van der Waals surface area contributed by atoms with E-state index < -0.39 is 28.6 Å². The van der Waals surface area contributed by atoms with E-state index in [0.29, 0.717) is 6.42 Å². The molecule has 1 heterocycles. The van der Waals surface area contributed by atoms with Crippen molar-refractivity contribution in [2.24, 2.45) is 10.4 Å². The molecule has 0 atom stereocenters. The summed E-state index contributed by atoms with van der Waals surface area (Å²) in [7, 11) is 2.29. The molecule has 32 heavy (non-hydrogen) atoms. The van der Waals surface area contributed by atoms with Crippen molar-refractivity contribution < 1.29 is 19.1 Å². The van der Waals surface area contributed by atoms with E-state index in [0.717, 1.165) is 25.0 Å². The van der Waals surface area contributed by atoms with Gasteiger partial charge in [-0.1, -0.05) is 32.9 Å². The Morgan fingerprint density at radius 1 is 1.03 bits per heavy atom. The van der Waals surface area contributed by atoms with Crippen LogP contribution in [0.3, 0.4) is 0 Å². The first-order valence-electron chi connectivity index (χ1n) is 10.0. The van der Waals surface area contributed by atoms with E-state index in [9.17, 15) is 19.2 Å². The van der Waals surface area contributed by atoms with E-state index in [2.05, 4.69) is 14.8 Å². The van der Waals surface area contributed by atoms with Gasteiger partial charge in [-0.2, -0.15) is 4.68 Å². The number of carbonyl (C=O) groups excluding carboxylic acids is 2. The van der Waals surface area contributed by atoms with Crippen LogP contribution >= 0.6 is 0 Å². The number of nitrogens with zero attached hydrogens (tertiary/aromatic N) is 2. The Labute approximate surface area is 185 Å². The number of methoxy groups -OCH3 is 2. The van der Waals surface area contributed by atoms with Crippen molar-refractivity contribution in [3.05, 3.63) is 56.6 Å². The number of hydrogen-bond acceptors (Lipinski definition) is 7. The number of fused-ring (bicyclic) bond motifs is 1. The molecular weight excluding hydrogens is 414 g/mol. The molecule has 0 saturated carbocycles. The smallest absolute Gasteiger partial charge is 0.341 e. The van der Waals surface area contributed by atoms with E-state index in [4.69, 9.17) is 4.74 Å². The summed E-state index contributed by atoms with van der Waals surface area (Å²) in [5.41, 5.74) is -2.40. The molecule has 0 bridgehead atoms. The number of aromatic nitrogens is 2. The van der Waals surface area contributed by atoms with Crippen LogP contribution in [0.1, 0.15) is 41.0 Å². The molecule has 0 spiro atoms. The lowest BCUT2D eigenvalue weighted by Gasteiger charge is -2.30. The van der Waals surface area contributed by atoms with Crippen molar-refractivity contribution in [1.82, 2.24) is 9.78 Å². The fourth-order valence-electron chi connectivity index (χ4n) is 3.71. The van der Waals surface area contributed by atoms with E-state index in [1.807, 2.05) is 34.6 Å². The topological polar surface area (TPSA) is 120 Å². The summed E-state index contributed by atoms with van der Waals surface area (Å²) in [6.45, 7) is 9.74. The number of carbonyl (C=O) groups is 2. The lowest BCUT2D eigenvalue weighted by molar-refractivity contribution is -0.138. The summed E-state index contributed by atoms with van der Waals surface area (Å²) in [4.78, 5) is 55.3. The summed E-state index contributed by atoms with van der Waals surface area (Å²) in [6.07, 6.45) is 1.46. The van der Waals surface area contributed by atoms with Crippen LogP contribution in [0.15, 0.2) is 50.5 Å². The van der Waals surface area contributed by atoms with E-state index in [1.54, 1.807) is 12.1 Å². The van der Waals surface area contributed by atoms with E-state index in [1.165, 1.54) is 12.1 Å². The minimum absolute atomic E-state index is 0.139. The molecule has 0 saturated heterocycles. The highest BCUT2D eigenvalue weighted by Gasteiger charge is 2.30. The van der Waals surface area contributed by atoms with Crippen LogP contribution in [0.4, 0.5) is 0 Å². The Morgan fingerprint density at radius 2 is 1.62 bits per heavy atom. The molecule has 0 fully saturated rings. The summed E-state index contributed by atoms with van der Waals surface area (Å²) in [6, 6.07) is 6.29. The number of esters is 2. The minimum Gasteiger partial charge on any atom is -0.466 e. The zero-order chi connectivity index (χ0) is 24.3. The predicted molar refractivity (Wildman–Crippen MR) is 122 cm³/mol. The number of nitrogens with one attached hydrogen (secondary N) is 1. The molecule has 172 valence electrons. The van der Waals surface area contributed by atoms with Gasteiger partial charge < -0.3 is 9.47 Å². The van der Waals surface area contributed by atoms with Crippen molar-refractivity contribution >= 4 is 28.5 Å². The summed E-state index contributed by atoms with van der Waals surface area (Å²) >= 11 is 0. The third-order valence-corrected chi connectivity index (χ3v) is 4.51. The number of ether oxygens (including phenoxy) is 2. The van der Waals surface area contributed by atoms with Gasteiger partial charge in [0.15, 0.2) is 5.84 Å². The lowest BCUT2D eigenvalue weighted by Crippen LogP contribution is -2.40. The maximum absolute atomic E-state index is 13.3. The maximum Gasteiger partial charge on any atom is 0.341 e. The number of benzene rings is 1. The zero-order valence-electron chi connectivity index (χ0n) is 19.4. The Bertz CT molecular complexity index is 1210. The lowest BCUT2D eigenvalue weighted by atomic mass is 9.82. The van der Waals surface area contributed by atoms with Gasteiger partial charge in [0, 0.05) is 6.08 Å². The third kappa shape index (κ3) is 5.81. The average molecular weight is 444 g/mol. The zero-order valence-corrected chi connectivity index (χ0v) is 19.4. The molecule has 0 aliphatic carbocycles. The SMILES string of the molecule is COC(=O)/C=C(\C(=O)OC)C(=NC(C)(C)CC(C)(C)C)n1[nH]c(=O)c2ccccc2c1=O. The molecule has 0 amide bonds. The van der Waals surface area contributed by atoms with E-state index >= 15 is 0 Å². The number of rotatable bonds is 5. The van der Waals surface area contributed by atoms with Gasteiger partial charge >= 0.3 is 11.9 Å². The number of H-pyrrole nitrogens is 1. The Hall–Kier alpha value is -3.49. The highest BCUT2D eigenvalue weighted by molar-refractivity contribution is 6.22. The normalized spacial score (nSPS) is 13.2. The Kier molecular flexibility index (Phi) is 7.23. The maximum atomic E-state index is 13.3. The Balaban J connectivity index is 2.95. The summed E-state index contributed by atoms with van der Waals surface area (Å²) < 4.78 is 10.4. The molecule has 1 N–H and O–H groups in total. The predicted octanol–water partition coefficient (Wildman–Crippen LogP) is 2.42. The molecule has 1 aromatic heterocycles. The van der Waals surface area contributed by atoms with Crippen molar-refractivity contribution in [3.8, 4) is 0 Å². The second kappa shape index (κ2) is 9.33. The molecule has 9 nitrogen and oxygen atoms in total. The van der Waals surface area contributed by atoms with Crippen LogP contribution in [0.2, 0.25) is 0 Å². The van der Waals surface area contributed by atoms with Gasteiger partial charge in [-0.05, 0) is 37.8 Å². The van der Waals surface area contributed by atoms with Gasteiger partial charge in [0.1, 0.15) is 5.57 Å².